The van der Waals surface area contributed by atoms with Gasteiger partial charge in [0.25, 0.3) is 11.8 Å². The molecular weight excluding hydrogens is 529 g/mol. The number of fused-ring (bicyclic) bond motifs is 12. The molecule has 2 aliphatic heterocycles. The number of carbonyl (C=O) groups is 2. The van der Waals surface area contributed by atoms with Crippen LogP contribution in [0.1, 0.15) is 17.5 Å². The number of alkyl halides is 1. The van der Waals surface area contributed by atoms with Crippen LogP contribution in [0.4, 0.5) is 0 Å². The van der Waals surface area contributed by atoms with Gasteiger partial charge in [0, 0.05) is 62.8 Å². The summed E-state index contributed by atoms with van der Waals surface area (Å²) in [6.45, 7) is 2.04. The number of benzene rings is 2. The van der Waals surface area contributed by atoms with E-state index in [2.05, 4.69) is 43.1 Å². The van der Waals surface area contributed by atoms with E-state index in [0.29, 0.717) is 24.3 Å². The quantitative estimate of drug-likeness (QED) is 0.217. The molecule has 0 radical (unpaired) electrons. The molecular formula is C26H22IN3O3. The molecule has 4 bridgehead atoms. The zero-order chi connectivity index (χ0) is 22.5. The van der Waals surface area contributed by atoms with Crippen LogP contribution in [0.2, 0.25) is 0 Å². The monoisotopic (exact) mass is 551 g/mol. The second-order valence-corrected chi connectivity index (χ2v) is 9.36. The van der Waals surface area contributed by atoms with Gasteiger partial charge in [-0.25, -0.2) is 0 Å². The maximum Gasteiger partial charge on any atom is 0.259 e. The van der Waals surface area contributed by atoms with Crippen molar-refractivity contribution in [2.45, 2.75) is 25.6 Å². The minimum atomic E-state index is -0.344. The van der Waals surface area contributed by atoms with E-state index in [1.54, 1.807) is 0 Å². The number of imide groups is 1. The predicted molar refractivity (Wildman–Crippen MR) is 137 cm³/mol. The Hall–Kier alpha value is -2.91. The first kappa shape index (κ1) is 20.7. The molecule has 0 unspecified atom stereocenters. The lowest BCUT2D eigenvalue weighted by molar-refractivity contribution is -0.122. The second kappa shape index (κ2) is 8.14. The van der Waals surface area contributed by atoms with Gasteiger partial charge in [0.1, 0.15) is 0 Å². The van der Waals surface area contributed by atoms with Crippen LogP contribution < -0.4 is 5.32 Å². The maximum atomic E-state index is 13.1. The minimum Gasteiger partial charge on any atom is -0.376 e. The number of aromatic nitrogens is 2. The second-order valence-electron chi connectivity index (χ2n) is 8.48. The smallest absolute Gasteiger partial charge is 0.259 e. The zero-order valence-corrected chi connectivity index (χ0v) is 20.0. The van der Waals surface area contributed by atoms with Gasteiger partial charge in [-0.2, -0.15) is 0 Å². The summed E-state index contributed by atoms with van der Waals surface area (Å²) < 4.78 is 11.5. The summed E-state index contributed by atoms with van der Waals surface area (Å²) in [6, 6.07) is 16.1. The summed E-state index contributed by atoms with van der Waals surface area (Å²) in [7, 11) is 0. The number of aryl methyl sites for hydroxylation is 1. The van der Waals surface area contributed by atoms with Gasteiger partial charge in [-0.15, -0.1) is 0 Å². The number of carbonyl (C=O) groups excluding carboxylic acids is 2. The molecule has 2 amide bonds. The molecule has 6 rings (SSSR count). The summed E-state index contributed by atoms with van der Waals surface area (Å²) in [5, 5.41) is 4.49. The molecule has 6 nitrogen and oxygen atoms in total. The molecule has 1 atom stereocenters. The van der Waals surface area contributed by atoms with Crippen LogP contribution in [0.25, 0.3) is 33.0 Å². The molecule has 0 saturated carbocycles. The summed E-state index contributed by atoms with van der Waals surface area (Å²) >= 11 is 2.39. The zero-order valence-electron chi connectivity index (χ0n) is 17.9. The van der Waals surface area contributed by atoms with Crippen molar-refractivity contribution in [3.8, 4) is 0 Å². The number of amides is 2. The first-order valence-electron chi connectivity index (χ1n) is 11.1. The van der Waals surface area contributed by atoms with Crippen molar-refractivity contribution in [1.29, 1.82) is 0 Å². The Labute approximate surface area is 204 Å². The first-order chi connectivity index (χ1) is 16.2. The van der Waals surface area contributed by atoms with Gasteiger partial charge >= 0.3 is 0 Å². The predicted octanol–water partition coefficient (Wildman–Crippen LogP) is 4.39. The van der Waals surface area contributed by atoms with Crippen molar-refractivity contribution < 1.29 is 14.3 Å². The van der Waals surface area contributed by atoms with Crippen molar-refractivity contribution in [1.82, 2.24) is 14.5 Å². The average molecular weight is 551 g/mol. The van der Waals surface area contributed by atoms with E-state index in [0.717, 1.165) is 50.3 Å². The number of nitrogens with one attached hydrogen (secondary N) is 1. The lowest BCUT2D eigenvalue weighted by Crippen LogP contribution is -2.22. The standard InChI is InChI=1S/C26H22IN3O3/c27-13-16-9-10-29-14-19(17-5-1-3-7-21(17)29)23-24(26(32)28-25(23)31)20-15-30(11-12-33-16)22-8-4-2-6-18(20)22/h1-8,14-16H,9-13H2,(H,28,31,32)/t16-/m0/s1. The highest BCUT2D eigenvalue weighted by molar-refractivity contribution is 14.1. The first-order valence-corrected chi connectivity index (χ1v) is 12.6. The van der Waals surface area contributed by atoms with E-state index in [1.165, 1.54) is 0 Å². The Morgan fingerprint density at radius 1 is 0.848 bits per heavy atom. The van der Waals surface area contributed by atoms with Crippen molar-refractivity contribution in [3.05, 3.63) is 72.1 Å². The molecule has 4 heterocycles. The Balaban J connectivity index is 1.68. The minimum absolute atomic E-state index is 0.144. The summed E-state index contributed by atoms with van der Waals surface area (Å²) in [4.78, 5) is 26.2. The van der Waals surface area contributed by atoms with Gasteiger partial charge in [-0.1, -0.05) is 59.0 Å². The van der Waals surface area contributed by atoms with E-state index >= 15 is 0 Å². The summed E-state index contributed by atoms with van der Waals surface area (Å²) in [6.07, 6.45) is 5.03. The molecule has 7 heteroatoms. The number of para-hydroxylation sites is 2. The van der Waals surface area contributed by atoms with Crippen LogP contribution in [-0.2, 0) is 27.4 Å². The Morgan fingerprint density at radius 3 is 1.97 bits per heavy atom. The third-order valence-corrected chi connectivity index (χ3v) is 7.58. The fourth-order valence-corrected chi connectivity index (χ4v) is 5.73. The highest BCUT2D eigenvalue weighted by Crippen LogP contribution is 2.39. The van der Waals surface area contributed by atoms with Crippen molar-refractivity contribution in [2.24, 2.45) is 0 Å². The molecule has 4 aromatic rings. The van der Waals surface area contributed by atoms with Gasteiger partial charge in [0.15, 0.2) is 0 Å². The lowest BCUT2D eigenvalue weighted by Gasteiger charge is -2.17. The van der Waals surface area contributed by atoms with E-state index in [4.69, 9.17) is 4.74 Å². The van der Waals surface area contributed by atoms with Crippen LogP contribution in [0.15, 0.2) is 60.9 Å². The SMILES string of the molecule is O=C1NC(=O)C2=C1c1cn(c3ccccc13)CCO[C@H](CI)CCn1cc2c2ccccc21. The Kier molecular flexibility index (Phi) is 5.10. The van der Waals surface area contributed by atoms with E-state index < -0.39 is 0 Å². The molecule has 166 valence electrons. The van der Waals surface area contributed by atoms with Crippen LogP contribution >= 0.6 is 22.6 Å². The molecule has 0 aliphatic carbocycles. The molecule has 0 fully saturated rings. The number of rotatable bonds is 1. The van der Waals surface area contributed by atoms with Crippen molar-refractivity contribution in [3.63, 3.8) is 0 Å². The van der Waals surface area contributed by atoms with Gasteiger partial charge in [0.2, 0.25) is 0 Å². The van der Waals surface area contributed by atoms with E-state index in [9.17, 15) is 9.59 Å². The summed E-state index contributed by atoms with van der Waals surface area (Å²) in [5.74, 6) is -0.682. The molecule has 0 saturated heterocycles. The maximum absolute atomic E-state index is 13.1. The lowest BCUT2D eigenvalue weighted by atomic mass is 9.95. The fourth-order valence-electron chi connectivity index (χ4n) is 5.04. The van der Waals surface area contributed by atoms with E-state index in [-0.39, 0.29) is 17.9 Å². The number of hydrogen-bond donors (Lipinski definition) is 1. The van der Waals surface area contributed by atoms with Gasteiger partial charge < -0.3 is 13.9 Å². The summed E-state index contributed by atoms with van der Waals surface area (Å²) in [5.41, 5.74) is 4.56. The highest BCUT2D eigenvalue weighted by atomic mass is 127. The Bertz CT molecular complexity index is 1460. The third-order valence-electron chi connectivity index (χ3n) is 6.60. The highest BCUT2D eigenvalue weighted by Gasteiger charge is 2.35. The van der Waals surface area contributed by atoms with Crippen molar-refractivity contribution >= 4 is 67.4 Å². The number of ether oxygens (including phenoxy) is 1. The third kappa shape index (κ3) is 3.33. The number of halogens is 1. The molecule has 1 N–H and O–H groups in total. The molecule has 2 aliphatic rings. The van der Waals surface area contributed by atoms with Crippen LogP contribution in [-0.4, -0.2) is 38.1 Å². The van der Waals surface area contributed by atoms with Gasteiger partial charge in [-0.3, -0.25) is 14.9 Å². The molecule has 33 heavy (non-hydrogen) atoms. The van der Waals surface area contributed by atoms with E-state index in [1.807, 2.05) is 54.9 Å². The van der Waals surface area contributed by atoms with Crippen LogP contribution in [0.3, 0.4) is 0 Å². The molecule has 2 aromatic heterocycles. The van der Waals surface area contributed by atoms with Crippen LogP contribution in [0.5, 0.6) is 0 Å². The average Bonchev–Trinajstić information content (AvgIpc) is 3.46. The van der Waals surface area contributed by atoms with Crippen molar-refractivity contribution in [2.75, 3.05) is 11.0 Å². The number of nitrogens with zero attached hydrogens (tertiary/aromatic N) is 2. The topological polar surface area (TPSA) is 65.3 Å². The Morgan fingerprint density at radius 2 is 1.39 bits per heavy atom. The molecule has 2 aromatic carbocycles. The van der Waals surface area contributed by atoms with Gasteiger partial charge in [0.05, 0.1) is 23.9 Å². The largest absolute Gasteiger partial charge is 0.376 e. The molecule has 0 spiro atoms. The number of hydrogen-bond acceptors (Lipinski definition) is 3. The van der Waals surface area contributed by atoms with Crippen LogP contribution in [0, 0.1) is 0 Å². The van der Waals surface area contributed by atoms with Gasteiger partial charge in [-0.05, 0) is 18.6 Å². The normalized spacial score (nSPS) is 19.1. The fraction of sp³-hybridized carbons (Fsp3) is 0.231.